The molecule has 0 radical (unpaired) electrons. The number of hydrogen-bond acceptors (Lipinski definition) is 4. The topological polar surface area (TPSA) is 29.5 Å². The fourth-order valence-corrected chi connectivity index (χ4v) is 6.50. The van der Waals surface area contributed by atoms with Crippen LogP contribution in [0.1, 0.15) is 38.5 Å². The molecule has 5 aliphatic rings. The number of rotatable bonds is 4. The second kappa shape index (κ2) is 5.20. The molecule has 0 N–H and O–H groups in total. The molecule has 1 aliphatic heterocycles. The van der Waals surface area contributed by atoms with Crippen LogP contribution in [-0.4, -0.2) is 42.2 Å². The number of hydrogen-bond donors (Lipinski definition) is 0. The predicted octanol–water partition coefficient (Wildman–Crippen LogP) is 2.75. The van der Waals surface area contributed by atoms with Crippen molar-refractivity contribution >= 4 is 17.7 Å². The maximum absolute atomic E-state index is 12.0. The van der Waals surface area contributed by atoms with Crippen molar-refractivity contribution in [3.05, 3.63) is 0 Å². The molecule has 5 fully saturated rings. The minimum atomic E-state index is 0.00301. The predicted molar refractivity (Wildman–Crippen MR) is 80.5 cm³/mol. The van der Waals surface area contributed by atoms with Crippen molar-refractivity contribution in [1.29, 1.82) is 0 Å². The second-order valence-electron chi connectivity index (χ2n) is 7.67. The fourth-order valence-electron chi connectivity index (χ4n) is 5.51. The molecule has 4 aliphatic carbocycles. The zero-order valence-electron chi connectivity index (χ0n) is 12.2. The van der Waals surface area contributed by atoms with E-state index < -0.39 is 0 Å². The van der Waals surface area contributed by atoms with Gasteiger partial charge in [-0.05, 0) is 56.3 Å². The number of ether oxygens (including phenoxy) is 1. The Balaban J connectivity index is 1.31. The average Bonchev–Trinajstić information content (AvgIpc) is 2.88. The summed E-state index contributed by atoms with van der Waals surface area (Å²) in [6.45, 7) is 2.24. The van der Waals surface area contributed by atoms with Crippen LogP contribution in [0.5, 0.6) is 0 Å². The van der Waals surface area contributed by atoms with Crippen molar-refractivity contribution in [1.82, 2.24) is 4.90 Å². The highest BCUT2D eigenvalue weighted by Gasteiger charge is 2.51. The van der Waals surface area contributed by atoms with E-state index in [1.54, 1.807) is 0 Å². The molecule has 1 saturated heterocycles. The maximum atomic E-state index is 12.0. The van der Waals surface area contributed by atoms with E-state index >= 15 is 0 Å². The minimum Gasteiger partial charge on any atom is -0.464 e. The lowest BCUT2D eigenvalue weighted by molar-refractivity contribution is -0.156. The lowest BCUT2D eigenvalue weighted by atomic mass is 9.50. The van der Waals surface area contributed by atoms with Gasteiger partial charge in [0.25, 0.3) is 0 Å². The highest BCUT2D eigenvalue weighted by atomic mass is 32.2. The highest BCUT2D eigenvalue weighted by Crippen LogP contribution is 2.60. The highest BCUT2D eigenvalue weighted by molar-refractivity contribution is 7.99. The Morgan fingerprint density at radius 1 is 1.15 bits per heavy atom. The summed E-state index contributed by atoms with van der Waals surface area (Å²) < 4.78 is 5.70. The van der Waals surface area contributed by atoms with Crippen LogP contribution in [0.3, 0.4) is 0 Å². The summed E-state index contributed by atoms with van der Waals surface area (Å²) in [5.41, 5.74) is 0.365. The first-order valence-electron chi connectivity index (χ1n) is 8.16. The van der Waals surface area contributed by atoms with Crippen molar-refractivity contribution in [3.63, 3.8) is 0 Å². The average molecular weight is 295 g/mol. The molecule has 4 heteroatoms. The van der Waals surface area contributed by atoms with Crippen molar-refractivity contribution in [2.24, 2.45) is 23.2 Å². The lowest BCUT2D eigenvalue weighted by Gasteiger charge is -2.56. The Morgan fingerprint density at radius 3 is 2.35 bits per heavy atom. The summed E-state index contributed by atoms with van der Waals surface area (Å²) >= 11 is 1.91. The van der Waals surface area contributed by atoms with E-state index in [4.69, 9.17) is 4.74 Å². The monoisotopic (exact) mass is 295 g/mol. The SMILES string of the molecule is O=C(CN1CCSC1)OCC12CC3CC(CC(C3)C1)C2. The van der Waals surface area contributed by atoms with Gasteiger partial charge in [0.1, 0.15) is 0 Å². The van der Waals surface area contributed by atoms with Gasteiger partial charge in [-0.2, -0.15) is 0 Å². The van der Waals surface area contributed by atoms with Gasteiger partial charge in [0.05, 0.1) is 13.2 Å². The first-order chi connectivity index (χ1) is 9.71. The third-order valence-electron chi connectivity index (χ3n) is 5.88. The Bertz CT molecular complexity index is 357. The molecule has 1 heterocycles. The number of esters is 1. The van der Waals surface area contributed by atoms with Gasteiger partial charge in [-0.15, -0.1) is 11.8 Å². The van der Waals surface area contributed by atoms with Crippen molar-refractivity contribution in [2.45, 2.75) is 38.5 Å². The molecule has 4 bridgehead atoms. The molecule has 0 amide bonds. The molecule has 0 aromatic carbocycles. The molecule has 0 unspecified atom stereocenters. The molecular formula is C16H25NO2S. The van der Waals surface area contributed by atoms with Crippen molar-refractivity contribution < 1.29 is 9.53 Å². The van der Waals surface area contributed by atoms with Crippen LogP contribution >= 0.6 is 11.8 Å². The molecule has 3 nitrogen and oxygen atoms in total. The number of carbonyl (C=O) groups is 1. The van der Waals surface area contributed by atoms with Gasteiger partial charge in [-0.1, -0.05) is 0 Å². The first-order valence-corrected chi connectivity index (χ1v) is 9.32. The molecule has 0 aromatic heterocycles. The van der Waals surface area contributed by atoms with E-state index in [0.29, 0.717) is 18.6 Å². The summed E-state index contributed by atoms with van der Waals surface area (Å²) in [5, 5.41) is 0. The molecule has 0 spiro atoms. The van der Waals surface area contributed by atoms with Gasteiger partial charge in [0.15, 0.2) is 0 Å². The minimum absolute atomic E-state index is 0.00301. The second-order valence-corrected chi connectivity index (χ2v) is 8.74. The summed E-state index contributed by atoms with van der Waals surface area (Å²) in [5.74, 6) is 4.97. The van der Waals surface area contributed by atoms with Gasteiger partial charge < -0.3 is 4.74 Å². The van der Waals surface area contributed by atoms with Gasteiger partial charge in [-0.3, -0.25) is 9.69 Å². The Labute approximate surface area is 125 Å². The third kappa shape index (κ3) is 2.61. The molecule has 0 atom stereocenters. The van der Waals surface area contributed by atoms with Crippen LogP contribution in [-0.2, 0) is 9.53 Å². The van der Waals surface area contributed by atoms with Crippen LogP contribution in [0, 0.1) is 23.2 Å². The van der Waals surface area contributed by atoms with Gasteiger partial charge in [0, 0.05) is 23.6 Å². The van der Waals surface area contributed by atoms with Crippen LogP contribution in [0.2, 0.25) is 0 Å². The Morgan fingerprint density at radius 2 is 1.80 bits per heavy atom. The normalized spacial score (nSPS) is 43.1. The van der Waals surface area contributed by atoms with Gasteiger partial charge >= 0.3 is 5.97 Å². The number of carbonyl (C=O) groups excluding carboxylic acids is 1. The van der Waals surface area contributed by atoms with E-state index in [-0.39, 0.29) is 5.97 Å². The summed E-state index contributed by atoms with van der Waals surface area (Å²) in [6, 6.07) is 0. The summed E-state index contributed by atoms with van der Waals surface area (Å²) in [4.78, 5) is 14.2. The van der Waals surface area contributed by atoms with E-state index in [1.807, 2.05) is 11.8 Å². The summed E-state index contributed by atoms with van der Waals surface area (Å²) in [6.07, 6.45) is 8.35. The zero-order valence-corrected chi connectivity index (χ0v) is 13.0. The summed E-state index contributed by atoms with van der Waals surface area (Å²) in [7, 11) is 0. The van der Waals surface area contributed by atoms with Crippen LogP contribution in [0.4, 0.5) is 0 Å². The Kier molecular flexibility index (Phi) is 3.50. The van der Waals surface area contributed by atoms with E-state index in [1.165, 1.54) is 38.5 Å². The standard InChI is InChI=1S/C16H25NO2S/c18-15(9-17-1-2-20-11-17)19-10-16-6-12-3-13(7-16)5-14(4-12)8-16/h12-14H,1-11H2. The van der Waals surface area contributed by atoms with Gasteiger partial charge in [0.2, 0.25) is 0 Å². The largest absolute Gasteiger partial charge is 0.464 e. The van der Waals surface area contributed by atoms with E-state index in [9.17, 15) is 4.79 Å². The first kappa shape index (κ1) is 13.4. The van der Waals surface area contributed by atoms with Crippen molar-refractivity contribution in [2.75, 3.05) is 31.3 Å². The number of thioether (sulfide) groups is 1. The Hall–Kier alpha value is -0.220. The van der Waals surface area contributed by atoms with E-state index in [2.05, 4.69) is 4.90 Å². The van der Waals surface area contributed by atoms with E-state index in [0.717, 1.165) is 35.9 Å². The zero-order chi connectivity index (χ0) is 13.6. The molecular weight excluding hydrogens is 270 g/mol. The molecule has 4 saturated carbocycles. The fraction of sp³-hybridized carbons (Fsp3) is 0.938. The van der Waals surface area contributed by atoms with Gasteiger partial charge in [-0.25, -0.2) is 0 Å². The molecule has 20 heavy (non-hydrogen) atoms. The lowest BCUT2D eigenvalue weighted by Crippen LogP contribution is -2.48. The van der Waals surface area contributed by atoms with Crippen LogP contribution in [0.15, 0.2) is 0 Å². The third-order valence-corrected chi connectivity index (χ3v) is 6.90. The smallest absolute Gasteiger partial charge is 0.320 e. The maximum Gasteiger partial charge on any atom is 0.320 e. The quantitative estimate of drug-likeness (QED) is 0.746. The molecule has 112 valence electrons. The van der Waals surface area contributed by atoms with Crippen LogP contribution < -0.4 is 0 Å². The molecule has 0 aromatic rings. The van der Waals surface area contributed by atoms with Crippen molar-refractivity contribution in [3.8, 4) is 0 Å². The molecule has 5 rings (SSSR count). The number of nitrogens with zero attached hydrogens (tertiary/aromatic N) is 1. The van der Waals surface area contributed by atoms with Crippen LogP contribution in [0.25, 0.3) is 0 Å².